The lowest BCUT2D eigenvalue weighted by Gasteiger charge is -2.41. The van der Waals surface area contributed by atoms with E-state index >= 15 is 0 Å². The number of aryl methyl sites for hydroxylation is 2. The van der Waals surface area contributed by atoms with Crippen molar-refractivity contribution >= 4 is 11.8 Å². The fourth-order valence-electron chi connectivity index (χ4n) is 5.09. The number of para-hydroxylation sites is 1. The van der Waals surface area contributed by atoms with Crippen molar-refractivity contribution < 1.29 is 18.7 Å². The quantitative estimate of drug-likeness (QED) is 0.569. The number of piperidine rings is 1. The molecule has 2 aromatic heterocycles. The van der Waals surface area contributed by atoms with Crippen LogP contribution in [0.25, 0.3) is 0 Å². The number of hydrogen-bond donors (Lipinski definition) is 0. The molecular formula is C24H28N6O4. The van der Waals surface area contributed by atoms with Crippen LogP contribution < -0.4 is 4.74 Å². The van der Waals surface area contributed by atoms with Crippen molar-refractivity contribution in [3.63, 3.8) is 0 Å². The van der Waals surface area contributed by atoms with Crippen LogP contribution in [0.3, 0.4) is 0 Å². The molecule has 0 aliphatic carbocycles. The molecule has 2 aliphatic heterocycles. The van der Waals surface area contributed by atoms with Gasteiger partial charge in [0.25, 0.3) is 11.8 Å². The summed E-state index contributed by atoms with van der Waals surface area (Å²) in [6.07, 6.45) is 4.81. The van der Waals surface area contributed by atoms with Gasteiger partial charge in [-0.25, -0.2) is 0 Å². The largest absolute Gasteiger partial charge is 0.484 e. The van der Waals surface area contributed by atoms with Crippen LogP contribution in [0, 0.1) is 12.3 Å². The fraction of sp³-hybridized carbons (Fsp3) is 0.458. The van der Waals surface area contributed by atoms with Crippen LogP contribution in [0.2, 0.25) is 0 Å². The van der Waals surface area contributed by atoms with Crippen LogP contribution in [0.1, 0.15) is 40.9 Å². The smallest absolute Gasteiger partial charge is 0.260 e. The second-order valence-corrected chi connectivity index (χ2v) is 9.15. The minimum Gasteiger partial charge on any atom is -0.484 e. The number of hydrogen-bond acceptors (Lipinski definition) is 7. The molecule has 1 unspecified atom stereocenters. The Morgan fingerprint density at radius 3 is 2.56 bits per heavy atom. The number of likely N-dealkylation sites (tertiary alicyclic amines) is 2. The summed E-state index contributed by atoms with van der Waals surface area (Å²) in [5.74, 6) is 1.58. The number of carbonyl (C=O) groups is 2. The number of carbonyl (C=O) groups excluding carboxylic acids is 2. The van der Waals surface area contributed by atoms with E-state index in [-0.39, 0.29) is 29.8 Å². The number of ether oxygens (including phenoxy) is 1. The summed E-state index contributed by atoms with van der Waals surface area (Å²) in [6, 6.07) is 9.33. The van der Waals surface area contributed by atoms with E-state index in [1.54, 1.807) is 31.0 Å². The zero-order valence-electron chi connectivity index (χ0n) is 19.4. The van der Waals surface area contributed by atoms with Gasteiger partial charge >= 0.3 is 0 Å². The van der Waals surface area contributed by atoms with E-state index in [9.17, 15) is 9.59 Å². The molecule has 10 heteroatoms. The maximum Gasteiger partial charge on any atom is 0.260 e. The molecule has 4 heterocycles. The Hall–Kier alpha value is -3.69. The summed E-state index contributed by atoms with van der Waals surface area (Å²) in [4.78, 5) is 29.7. The SMILES string of the molecule is Cc1nnc(C2CN(C(=O)c3cnn(C)c3)CC23CCN(C(=O)COc2ccccc2)CC3)o1. The molecule has 0 N–H and O–H groups in total. The van der Waals surface area contributed by atoms with Gasteiger partial charge in [-0.15, -0.1) is 10.2 Å². The van der Waals surface area contributed by atoms with Gasteiger partial charge in [-0.3, -0.25) is 14.3 Å². The molecule has 1 atom stereocenters. The van der Waals surface area contributed by atoms with E-state index in [1.807, 2.05) is 40.1 Å². The molecule has 10 nitrogen and oxygen atoms in total. The molecule has 2 amide bonds. The summed E-state index contributed by atoms with van der Waals surface area (Å²) in [7, 11) is 1.79. The molecule has 2 aliphatic rings. The van der Waals surface area contributed by atoms with E-state index in [0.29, 0.717) is 49.3 Å². The van der Waals surface area contributed by atoms with Gasteiger partial charge < -0.3 is 19.0 Å². The standard InChI is InChI=1S/C24H28N6O4/c1-17-26-27-22(34-17)20-14-30(23(32)18-12-25-28(2)13-18)16-24(20)8-10-29(11-9-24)21(31)15-33-19-6-4-3-5-7-19/h3-7,12-13,20H,8-11,14-16H2,1-2H3. The van der Waals surface area contributed by atoms with Crippen molar-refractivity contribution in [3.8, 4) is 5.75 Å². The predicted molar refractivity (Wildman–Crippen MR) is 121 cm³/mol. The Balaban J connectivity index is 1.29. The Morgan fingerprint density at radius 2 is 1.91 bits per heavy atom. The Labute approximate surface area is 197 Å². The molecule has 1 aromatic carbocycles. The van der Waals surface area contributed by atoms with Gasteiger partial charge in [0.15, 0.2) is 6.61 Å². The molecule has 3 aromatic rings. The first-order valence-corrected chi connectivity index (χ1v) is 11.5. The van der Waals surface area contributed by atoms with Crippen LogP contribution in [0.5, 0.6) is 5.75 Å². The van der Waals surface area contributed by atoms with Crippen molar-refractivity contribution in [1.29, 1.82) is 0 Å². The Morgan fingerprint density at radius 1 is 1.15 bits per heavy atom. The number of aromatic nitrogens is 4. The van der Waals surface area contributed by atoms with Gasteiger partial charge in [-0.2, -0.15) is 5.10 Å². The summed E-state index contributed by atoms with van der Waals surface area (Å²) in [5.41, 5.74) is 0.333. The van der Waals surface area contributed by atoms with Crippen LogP contribution in [-0.2, 0) is 11.8 Å². The minimum absolute atomic E-state index is 0.00884. The van der Waals surface area contributed by atoms with E-state index in [2.05, 4.69) is 15.3 Å². The van der Waals surface area contributed by atoms with Crippen molar-refractivity contribution in [2.75, 3.05) is 32.8 Å². The highest BCUT2D eigenvalue weighted by molar-refractivity contribution is 5.94. The van der Waals surface area contributed by atoms with E-state index in [1.165, 1.54) is 0 Å². The zero-order chi connectivity index (χ0) is 23.7. The fourth-order valence-corrected chi connectivity index (χ4v) is 5.09. The minimum atomic E-state index is -0.228. The van der Waals surface area contributed by atoms with E-state index < -0.39 is 0 Å². The number of amides is 2. The molecule has 2 saturated heterocycles. The monoisotopic (exact) mass is 464 g/mol. The molecule has 2 fully saturated rings. The molecule has 1 spiro atoms. The first-order valence-electron chi connectivity index (χ1n) is 11.5. The normalized spacial score (nSPS) is 19.5. The summed E-state index contributed by atoms with van der Waals surface area (Å²) >= 11 is 0. The molecule has 34 heavy (non-hydrogen) atoms. The van der Waals surface area contributed by atoms with Gasteiger partial charge in [0.1, 0.15) is 5.75 Å². The van der Waals surface area contributed by atoms with Gasteiger partial charge in [0, 0.05) is 51.8 Å². The highest BCUT2D eigenvalue weighted by Gasteiger charge is 2.52. The summed E-state index contributed by atoms with van der Waals surface area (Å²) in [6.45, 7) is 4.04. The van der Waals surface area contributed by atoms with Crippen LogP contribution >= 0.6 is 0 Å². The van der Waals surface area contributed by atoms with Gasteiger partial charge in [-0.05, 0) is 25.0 Å². The average molecular weight is 465 g/mol. The maximum absolute atomic E-state index is 13.2. The summed E-state index contributed by atoms with van der Waals surface area (Å²) in [5, 5.41) is 12.5. The van der Waals surface area contributed by atoms with Gasteiger partial charge in [0.2, 0.25) is 11.8 Å². The molecule has 0 radical (unpaired) electrons. The molecule has 0 saturated carbocycles. The van der Waals surface area contributed by atoms with Crippen molar-refractivity contribution in [3.05, 3.63) is 60.1 Å². The Bertz CT molecular complexity index is 1170. The molecule has 178 valence electrons. The van der Waals surface area contributed by atoms with Crippen molar-refractivity contribution in [2.45, 2.75) is 25.7 Å². The Kier molecular flexibility index (Phi) is 5.80. The van der Waals surface area contributed by atoms with Crippen LogP contribution in [0.4, 0.5) is 0 Å². The third kappa shape index (κ3) is 4.27. The first kappa shape index (κ1) is 22.1. The van der Waals surface area contributed by atoms with Crippen LogP contribution in [0.15, 0.2) is 47.1 Å². The number of benzene rings is 1. The van der Waals surface area contributed by atoms with Crippen molar-refractivity contribution in [1.82, 2.24) is 29.8 Å². The molecule has 0 bridgehead atoms. The highest BCUT2D eigenvalue weighted by Crippen LogP contribution is 2.49. The zero-order valence-corrected chi connectivity index (χ0v) is 19.4. The second-order valence-electron chi connectivity index (χ2n) is 9.15. The number of nitrogens with zero attached hydrogens (tertiary/aromatic N) is 6. The highest BCUT2D eigenvalue weighted by atomic mass is 16.5. The average Bonchev–Trinajstić information content (AvgIpc) is 3.57. The van der Waals surface area contributed by atoms with Crippen LogP contribution in [-0.4, -0.2) is 74.4 Å². The van der Waals surface area contributed by atoms with E-state index in [4.69, 9.17) is 9.15 Å². The third-order valence-electron chi connectivity index (χ3n) is 6.94. The first-order chi connectivity index (χ1) is 16.4. The van der Waals surface area contributed by atoms with Gasteiger partial charge in [0.05, 0.1) is 17.7 Å². The van der Waals surface area contributed by atoms with Crippen molar-refractivity contribution in [2.24, 2.45) is 12.5 Å². The number of rotatable bonds is 5. The van der Waals surface area contributed by atoms with Gasteiger partial charge in [-0.1, -0.05) is 18.2 Å². The second kappa shape index (κ2) is 8.92. The lowest BCUT2D eigenvalue weighted by atomic mass is 9.70. The molecule has 5 rings (SSSR count). The predicted octanol–water partition coefficient (Wildman–Crippen LogP) is 2.04. The lowest BCUT2D eigenvalue weighted by Crippen LogP contribution is -2.47. The molecular weight excluding hydrogens is 436 g/mol. The third-order valence-corrected chi connectivity index (χ3v) is 6.94. The lowest BCUT2D eigenvalue weighted by molar-refractivity contribution is -0.135. The van der Waals surface area contributed by atoms with E-state index in [0.717, 1.165) is 12.8 Å². The topological polar surface area (TPSA) is 107 Å². The summed E-state index contributed by atoms with van der Waals surface area (Å²) < 4.78 is 13.1. The maximum atomic E-state index is 13.2.